The van der Waals surface area contributed by atoms with Crippen molar-refractivity contribution in [3.63, 3.8) is 0 Å². The average molecular weight is 497 g/mol. The summed E-state index contributed by atoms with van der Waals surface area (Å²) in [7, 11) is -2.13. The Labute approximate surface area is 199 Å². The Balaban J connectivity index is 1.43. The zero-order valence-electron chi connectivity index (χ0n) is 17.8. The molecular weight excluding hydrogens is 471 g/mol. The number of sulfonamides is 1. The van der Waals surface area contributed by atoms with Crippen LogP contribution in [0.25, 0.3) is 0 Å². The highest BCUT2D eigenvalue weighted by molar-refractivity contribution is 7.89. The molecule has 0 saturated carbocycles. The summed E-state index contributed by atoms with van der Waals surface area (Å²) in [6, 6.07) is 12.3. The van der Waals surface area contributed by atoms with Crippen molar-refractivity contribution in [2.24, 2.45) is 5.92 Å². The minimum absolute atomic E-state index is 0.00977. The molecule has 4 rings (SSSR count). The van der Waals surface area contributed by atoms with Crippen molar-refractivity contribution in [1.29, 1.82) is 0 Å². The van der Waals surface area contributed by atoms with E-state index in [1.54, 1.807) is 13.2 Å². The van der Waals surface area contributed by atoms with Crippen LogP contribution in [0.5, 0.6) is 5.75 Å². The molecule has 0 bridgehead atoms. The van der Waals surface area contributed by atoms with Crippen molar-refractivity contribution in [1.82, 2.24) is 9.21 Å². The normalized spacial score (nSPS) is 20.5. The SMILES string of the molecule is COc1ccc([C@H]2CCCN2C(=O)C2CCN(S(=O)(=O)c3cc(Cl)ccc3Cl)CC2)cc1. The van der Waals surface area contributed by atoms with Gasteiger partial charge in [-0.15, -0.1) is 0 Å². The fourth-order valence-corrected chi connectivity index (χ4v) is 6.80. The molecule has 2 aromatic carbocycles. The van der Waals surface area contributed by atoms with E-state index in [1.807, 2.05) is 29.2 Å². The van der Waals surface area contributed by atoms with Gasteiger partial charge < -0.3 is 9.64 Å². The fraction of sp³-hybridized carbons (Fsp3) is 0.435. The van der Waals surface area contributed by atoms with Crippen LogP contribution in [0, 0.1) is 5.92 Å². The highest BCUT2D eigenvalue weighted by Crippen LogP contribution is 2.36. The second-order valence-electron chi connectivity index (χ2n) is 8.22. The first-order valence-electron chi connectivity index (χ1n) is 10.7. The highest BCUT2D eigenvalue weighted by Gasteiger charge is 2.38. The molecule has 0 aliphatic carbocycles. The van der Waals surface area contributed by atoms with Crippen molar-refractivity contribution >= 4 is 39.1 Å². The van der Waals surface area contributed by atoms with Gasteiger partial charge in [0.05, 0.1) is 18.2 Å². The summed E-state index contributed by atoms with van der Waals surface area (Å²) in [5, 5.41) is 0.462. The van der Waals surface area contributed by atoms with E-state index in [1.165, 1.54) is 16.4 Å². The monoisotopic (exact) mass is 496 g/mol. The maximum atomic E-state index is 13.3. The minimum Gasteiger partial charge on any atom is -0.497 e. The molecule has 0 N–H and O–H groups in total. The molecular formula is C23H26Cl2N2O4S. The van der Waals surface area contributed by atoms with Crippen LogP contribution in [0.4, 0.5) is 0 Å². The van der Waals surface area contributed by atoms with Crippen LogP contribution in [0.1, 0.15) is 37.3 Å². The Hall–Kier alpha value is -1.80. The molecule has 2 heterocycles. The van der Waals surface area contributed by atoms with E-state index < -0.39 is 10.0 Å². The van der Waals surface area contributed by atoms with Gasteiger partial charge in [-0.05, 0) is 61.6 Å². The number of hydrogen-bond donors (Lipinski definition) is 0. The van der Waals surface area contributed by atoms with Crippen molar-refractivity contribution in [2.75, 3.05) is 26.7 Å². The summed E-state index contributed by atoms with van der Waals surface area (Å²) in [4.78, 5) is 15.3. The lowest BCUT2D eigenvalue weighted by molar-refractivity contribution is -0.137. The van der Waals surface area contributed by atoms with Crippen LogP contribution in [0.15, 0.2) is 47.4 Å². The van der Waals surface area contributed by atoms with Gasteiger partial charge in [0.25, 0.3) is 0 Å². The lowest BCUT2D eigenvalue weighted by Gasteiger charge is -2.34. The number of nitrogens with zero attached hydrogens (tertiary/aromatic N) is 2. The van der Waals surface area contributed by atoms with E-state index >= 15 is 0 Å². The van der Waals surface area contributed by atoms with E-state index in [9.17, 15) is 13.2 Å². The molecule has 1 atom stereocenters. The lowest BCUT2D eigenvalue weighted by Crippen LogP contribution is -2.44. The lowest BCUT2D eigenvalue weighted by atomic mass is 9.95. The van der Waals surface area contributed by atoms with Crippen LogP contribution in [-0.2, 0) is 14.8 Å². The zero-order chi connectivity index (χ0) is 22.9. The number of piperidine rings is 1. The molecule has 0 aromatic heterocycles. The molecule has 6 nitrogen and oxygen atoms in total. The number of methoxy groups -OCH3 is 1. The van der Waals surface area contributed by atoms with Crippen molar-refractivity contribution in [3.8, 4) is 5.75 Å². The second-order valence-corrected chi connectivity index (χ2v) is 11.0. The summed E-state index contributed by atoms with van der Waals surface area (Å²) >= 11 is 12.1. The van der Waals surface area contributed by atoms with Crippen LogP contribution in [0.2, 0.25) is 10.0 Å². The summed E-state index contributed by atoms with van der Waals surface area (Å²) in [5.41, 5.74) is 1.10. The number of halogens is 2. The second kappa shape index (κ2) is 9.59. The molecule has 172 valence electrons. The first-order chi connectivity index (χ1) is 15.3. The minimum atomic E-state index is -3.76. The predicted molar refractivity (Wildman–Crippen MR) is 125 cm³/mol. The quantitative estimate of drug-likeness (QED) is 0.597. The number of amides is 1. The molecule has 0 spiro atoms. The van der Waals surface area contributed by atoms with Gasteiger partial charge in [-0.2, -0.15) is 4.31 Å². The number of likely N-dealkylation sites (tertiary alicyclic amines) is 1. The fourth-order valence-electron chi connectivity index (χ4n) is 4.59. The molecule has 0 radical (unpaired) electrons. The average Bonchev–Trinajstić information content (AvgIpc) is 3.30. The number of carbonyl (C=O) groups is 1. The van der Waals surface area contributed by atoms with Gasteiger partial charge in [-0.25, -0.2) is 8.42 Å². The Morgan fingerprint density at radius 3 is 2.34 bits per heavy atom. The largest absolute Gasteiger partial charge is 0.497 e. The van der Waals surface area contributed by atoms with Gasteiger partial charge in [0.15, 0.2) is 0 Å². The summed E-state index contributed by atoms with van der Waals surface area (Å²) in [5.74, 6) is 0.717. The van der Waals surface area contributed by atoms with Gasteiger partial charge >= 0.3 is 0 Å². The Morgan fingerprint density at radius 2 is 1.69 bits per heavy atom. The maximum absolute atomic E-state index is 13.3. The molecule has 1 amide bonds. The van der Waals surface area contributed by atoms with Gasteiger partial charge in [0, 0.05) is 30.6 Å². The van der Waals surface area contributed by atoms with Crippen LogP contribution in [0.3, 0.4) is 0 Å². The van der Waals surface area contributed by atoms with Crippen molar-refractivity contribution < 1.29 is 17.9 Å². The van der Waals surface area contributed by atoms with Gasteiger partial charge in [0.1, 0.15) is 10.6 Å². The van der Waals surface area contributed by atoms with E-state index in [0.717, 1.165) is 30.7 Å². The first-order valence-corrected chi connectivity index (χ1v) is 12.9. The van der Waals surface area contributed by atoms with Gasteiger partial charge in [0.2, 0.25) is 15.9 Å². The molecule has 0 unspecified atom stereocenters. The standard InChI is InChI=1S/C23H26Cl2N2O4S/c1-31-19-7-4-16(5-8-19)21-3-2-12-27(21)23(28)17-10-13-26(14-11-17)32(29,30)22-15-18(24)6-9-20(22)25/h4-9,15,17,21H,2-3,10-14H2,1H3/t21-/m1/s1. The van der Waals surface area contributed by atoms with Gasteiger partial charge in [-0.1, -0.05) is 35.3 Å². The summed E-state index contributed by atoms with van der Waals surface area (Å²) < 4.78 is 32.8. The number of rotatable bonds is 5. The predicted octanol–water partition coefficient (Wildman–Crippen LogP) is 4.77. The summed E-state index contributed by atoms with van der Waals surface area (Å²) in [6.07, 6.45) is 2.87. The molecule has 9 heteroatoms. The van der Waals surface area contributed by atoms with E-state index in [2.05, 4.69) is 0 Å². The third-order valence-corrected chi connectivity index (χ3v) is 8.97. The Kier molecular flexibility index (Phi) is 7.00. The highest BCUT2D eigenvalue weighted by atomic mass is 35.5. The third-order valence-electron chi connectivity index (χ3n) is 6.35. The van der Waals surface area contributed by atoms with E-state index in [4.69, 9.17) is 27.9 Å². The molecule has 2 aromatic rings. The maximum Gasteiger partial charge on any atom is 0.244 e. The smallest absolute Gasteiger partial charge is 0.244 e. The van der Waals surface area contributed by atoms with Crippen LogP contribution < -0.4 is 4.74 Å². The zero-order valence-corrected chi connectivity index (χ0v) is 20.2. The third kappa shape index (κ3) is 4.62. The number of hydrogen-bond acceptors (Lipinski definition) is 4. The van der Waals surface area contributed by atoms with E-state index in [0.29, 0.717) is 17.9 Å². The first kappa shape index (κ1) is 23.4. The molecule has 2 fully saturated rings. The number of benzene rings is 2. The van der Waals surface area contributed by atoms with Gasteiger partial charge in [-0.3, -0.25) is 4.79 Å². The van der Waals surface area contributed by atoms with E-state index in [-0.39, 0.29) is 40.9 Å². The van der Waals surface area contributed by atoms with Crippen LogP contribution >= 0.6 is 23.2 Å². The number of ether oxygens (including phenoxy) is 1. The molecule has 2 aliphatic rings. The molecule has 2 aliphatic heterocycles. The van der Waals surface area contributed by atoms with Crippen molar-refractivity contribution in [2.45, 2.75) is 36.6 Å². The van der Waals surface area contributed by atoms with Crippen molar-refractivity contribution in [3.05, 3.63) is 58.1 Å². The summed E-state index contributed by atoms with van der Waals surface area (Å²) in [6.45, 7) is 1.29. The Bertz CT molecular complexity index is 1080. The van der Waals surface area contributed by atoms with Crippen LogP contribution in [-0.4, -0.2) is 50.3 Å². The molecule has 2 saturated heterocycles. The Morgan fingerprint density at radius 1 is 1.00 bits per heavy atom. The molecule has 32 heavy (non-hydrogen) atoms. The number of carbonyl (C=O) groups excluding carboxylic acids is 1. The topological polar surface area (TPSA) is 66.9 Å².